The van der Waals surface area contributed by atoms with Crippen LogP contribution < -0.4 is 10.2 Å². The number of anilines is 2. The van der Waals surface area contributed by atoms with Crippen LogP contribution in [0.1, 0.15) is 16.9 Å². The summed E-state index contributed by atoms with van der Waals surface area (Å²) in [7, 11) is 3.63. The topological polar surface area (TPSA) is 91.0 Å². The van der Waals surface area contributed by atoms with Gasteiger partial charge < -0.3 is 15.2 Å². The third-order valence-corrected chi connectivity index (χ3v) is 7.33. The fraction of sp³-hybridized carbons (Fsp3) is 0.300. The summed E-state index contributed by atoms with van der Waals surface area (Å²) in [5, 5.41) is 4.45. The summed E-state index contributed by atoms with van der Waals surface area (Å²) in [5.41, 5.74) is 2.97. The van der Waals surface area contributed by atoms with Crippen LogP contribution in [0.15, 0.2) is 29.3 Å². The third kappa shape index (κ3) is 3.20. The Morgan fingerprint density at radius 2 is 2.14 bits per heavy atom. The molecule has 148 valence electrons. The van der Waals surface area contributed by atoms with Crippen molar-refractivity contribution in [1.82, 2.24) is 19.9 Å². The maximum atomic E-state index is 12.4. The molecule has 9 heteroatoms. The van der Waals surface area contributed by atoms with E-state index in [1.165, 1.54) is 21.8 Å². The molecule has 0 bridgehead atoms. The molecule has 2 N–H and O–H groups in total. The van der Waals surface area contributed by atoms with E-state index in [0.29, 0.717) is 0 Å². The lowest BCUT2D eigenvalue weighted by Gasteiger charge is -2.24. The van der Waals surface area contributed by atoms with Crippen LogP contribution in [0.25, 0.3) is 20.4 Å². The number of aromatic amines is 1. The Kier molecular flexibility index (Phi) is 4.36. The van der Waals surface area contributed by atoms with Gasteiger partial charge in [0.25, 0.3) is 0 Å². The van der Waals surface area contributed by atoms with Crippen molar-refractivity contribution >= 4 is 60.5 Å². The standard InChI is InChI=1S/C20H19N5O2S2/c1-25(2)19(26)10-3-5-12-14(7-10)28-18-16(12)17(21-9-22-18)23-11-4-6-13-15(8-11)29-20(27)24-13/h4,6,8-10H,3,5,7H2,1-2H3,(H,24,27)(H,21,22,23)/t10-/m1/s1. The maximum Gasteiger partial charge on any atom is 0.305 e. The van der Waals surface area contributed by atoms with Gasteiger partial charge in [-0.15, -0.1) is 11.3 Å². The highest BCUT2D eigenvalue weighted by molar-refractivity contribution is 7.19. The average molecular weight is 426 g/mol. The van der Waals surface area contributed by atoms with Crippen LogP contribution in [0.3, 0.4) is 0 Å². The first kappa shape index (κ1) is 18.3. The Bertz CT molecular complexity index is 1300. The minimum Gasteiger partial charge on any atom is -0.349 e. The summed E-state index contributed by atoms with van der Waals surface area (Å²) in [5.74, 6) is 0.997. The van der Waals surface area contributed by atoms with Gasteiger partial charge in [-0.05, 0) is 43.0 Å². The number of H-pyrrole nitrogens is 1. The highest BCUT2D eigenvalue weighted by Gasteiger charge is 2.29. The Morgan fingerprint density at radius 1 is 1.28 bits per heavy atom. The first-order valence-electron chi connectivity index (χ1n) is 9.36. The molecule has 0 radical (unpaired) electrons. The number of benzene rings is 1. The van der Waals surface area contributed by atoms with Crippen molar-refractivity contribution in [3.05, 3.63) is 44.6 Å². The molecular formula is C20H19N5O2S2. The molecule has 29 heavy (non-hydrogen) atoms. The van der Waals surface area contributed by atoms with Crippen molar-refractivity contribution in [3.8, 4) is 0 Å². The molecule has 0 fully saturated rings. The number of nitrogens with one attached hydrogen (secondary N) is 2. The van der Waals surface area contributed by atoms with Gasteiger partial charge in [0, 0.05) is 30.6 Å². The molecule has 3 heterocycles. The average Bonchev–Trinajstić information content (AvgIpc) is 3.26. The SMILES string of the molecule is CN(C)C(=O)[C@@H]1CCc2c(sc3ncnc(Nc4ccc5[nH]c(=O)sc5c4)c23)C1. The molecule has 1 aliphatic carbocycles. The van der Waals surface area contributed by atoms with Crippen molar-refractivity contribution in [2.45, 2.75) is 19.3 Å². The lowest BCUT2D eigenvalue weighted by Crippen LogP contribution is -2.32. The Morgan fingerprint density at radius 3 is 2.97 bits per heavy atom. The largest absolute Gasteiger partial charge is 0.349 e. The number of rotatable bonds is 3. The second-order valence-corrected chi connectivity index (χ2v) is 9.53. The van der Waals surface area contributed by atoms with Crippen LogP contribution >= 0.6 is 22.7 Å². The minimum atomic E-state index is -0.0599. The fourth-order valence-electron chi connectivity index (χ4n) is 3.94. The highest BCUT2D eigenvalue weighted by Crippen LogP contribution is 2.40. The number of carbonyl (C=O) groups excluding carboxylic acids is 1. The van der Waals surface area contributed by atoms with Gasteiger partial charge in [0.2, 0.25) is 5.91 Å². The number of carbonyl (C=O) groups is 1. The van der Waals surface area contributed by atoms with Crippen LogP contribution in [-0.4, -0.2) is 39.9 Å². The van der Waals surface area contributed by atoms with Gasteiger partial charge in [-0.2, -0.15) is 0 Å². The van der Waals surface area contributed by atoms with E-state index in [1.807, 2.05) is 32.3 Å². The number of nitrogens with zero attached hydrogens (tertiary/aromatic N) is 3. The number of fused-ring (bicyclic) bond motifs is 4. The molecular weight excluding hydrogens is 406 g/mol. The molecule has 4 aromatic rings. The molecule has 0 saturated carbocycles. The first-order valence-corrected chi connectivity index (χ1v) is 11.0. The normalized spacial score (nSPS) is 16.1. The molecule has 5 rings (SSSR count). The summed E-state index contributed by atoms with van der Waals surface area (Å²) >= 11 is 2.85. The molecule has 0 spiro atoms. The molecule has 3 aromatic heterocycles. The molecule has 0 unspecified atom stereocenters. The van der Waals surface area contributed by atoms with Gasteiger partial charge >= 0.3 is 4.87 Å². The zero-order chi connectivity index (χ0) is 20.1. The van der Waals surface area contributed by atoms with Crippen LogP contribution in [-0.2, 0) is 17.6 Å². The summed E-state index contributed by atoms with van der Waals surface area (Å²) < 4.78 is 0.905. The van der Waals surface area contributed by atoms with Gasteiger partial charge in [0.1, 0.15) is 17.0 Å². The number of hydrogen-bond acceptors (Lipinski definition) is 7. The van der Waals surface area contributed by atoms with E-state index >= 15 is 0 Å². The highest BCUT2D eigenvalue weighted by atomic mass is 32.1. The van der Waals surface area contributed by atoms with E-state index in [2.05, 4.69) is 20.3 Å². The van der Waals surface area contributed by atoms with Crippen LogP contribution in [0.2, 0.25) is 0 Å². The summed E-state index contributed by atoms with van der Waals surface area (Å²) in [6, 6.07) is 5.79. The van der Waals surface area contributed by atoms with Crippen LogP contribution in [0, 0.1) is 5.92 Å². The molecule has 1 aliphatic rings. The Hall–Kier alpha value is -2.78. The van der Waals surface area contributed by atoms with Crippen LogP contribution in [0.4, 0.5) is 11.5 Å². The lowest BCUT2D eigenvalue weighted by atomic mass is 9.87. The summed E-state index contributed by atoms with van der Waals surface area (Å²) in [4.78, 5) is 39.6. The Balaban J connectivity index is 1.52. The number of hydrogen-bond donors (Lipinski definition) is 2. The van der Waals surface area contributed by atoms with E-state index in [0.717, 1.165) is 51.2 Å². The van der Waals surface area contributed by atoms with Crippen molar-refractivity contribution < 1.29 is 4.79 Å². The smallest absolute Gasteiger partial charge is 0.305 e. The predicted molar refractivity (Wildman–Crippen MR) is 117 cm³/mol. The van der Waals surface area contributed by atoms with E-state index in [-0.39, 0.29) is 16.7 Å². The minimum absolute atomic E-state index is 0.0358. The van der Waals surface area contributed by atoms with E-state index < -0.39 is 0 Å². The van der Waals surface area contributed by atoms with Gasteiger partial charge in [-0.25, -0.2) is 9.97 Å². The van der Waals surface area contributed by atoms with Crippen molar-refractivity contribution in [1.29, 1.82) is 0 Å². The summed E-state index contributed by atoms with van der Waals surface area (Å²) in [6.07, 6.45) is 4.02. The monoisotopic (exact) mass is 425 g/mol. The molecule has 1 atom stereocenters. The fourth-order valence-corrected chi connectivity index (χ4v) is 5.98. The number of amides is 1. The van der Waals surface area contributed by atoms with Gasteiger partial charge in [0.05, 0.1) is 15.6 Å². The molecule has 0 aliphatic heterocycles. The van der Waals surface area contributed by atoms with E-state index in [4.69, 9.17) is 0 Å². The number of thiazole rings is 1. The van der Waals surface area contributed by atoms with Gasteiger partial charge in [0.15, 0.2) is 0 Å². The molecule has 1 aromatic carbocycles. The zero-order valence-electron chi connectivity index (χ0n) is 16.0. The van der Waals surface area contributed by atoms with Crippen molar-refractivity contribution in [3.63, 3.8) is 0 Å². The maximum absolute atomic E-state index is 12.4. The quantitative estimate of drug-likeness (QED) is 0.524. The number of aryl methyl sites for hydroxylation is 1. The lowest BCUT2D eigenvalue weighted by molar-refractivity contribution is -0.133. The Labute approximate surface area is 174 Å². The molecule has 7 nitrogen and oxygen atoms in total. The molecule has 0 saturated heterocycles. The van der Waals surface area contributed by atoms with E-state index in [1.54, 1.807) is 22.6 Å². The number of thiophene rings is 1. The van der Waals surface area contributed by atoms with Gasteiger partial charge in [-0.3, -0.25) is 9.59 Å². The zero-order valence-corrected chi connectivity index (χ0v) is 17.6. The van der Waals surface area contributed by atoms with E-state index in [9.17, 15) is 9.59 Å². The second-order valence-electron chi connectivity index (χ2n) is 7.43. The third-order valence-electron chi connectivity index (χ3n) is 5.32. The van der Waals surface area contributed by atoms with Crippen molar-refractivity contribution in [2.75, 3.05) is 19.4 Å². The van der Waals surface area contributed by atoms with Crippen LogP contribution in [0.5, 0.6) is 0 Å². The molecule has 1 amide bonds. The van der Waals surface area contributed by atoms with Crippen molar-refractivity contribution in [2.24, 2.45) is 5.92 Å². The summed E-state index contributed by atoms with van der Waals surface area (Å²) in [6.45, 7) is 0. The first-order chi connectivity index (χ1) is 14.0. The number of aromatic nitrogens is 3. The predicted octanol–water partition coefficient (Wildman–Crippen LogP) is 3.53. The van der Waals surface area contributed by atoms with Gasteiger partial charge in [-0.1, -0.05) is 11.3 Å². The second kappa shape index (κ2) is 6.93.